The van der Waals surface area contributed by atoms with Crippen LogP contribution in [0.15, 0.2) is 36.4 Å². The Morgan fingerprint density at radius 2 is 1.83 bits per heavy atom. The number of ether oxygens (including phenoxy) is 1. The molecule has 0 spiro atoms. The maximum absolute atomic E-state index is 13.3. The van der Waals surface area contributed by atoms with Gasteiger partial charge in [0.1, 0.15) is 11.8 Å². The molecule has 4 heteroatoms. The van der Waals surface area contributed by atoms with E-state index in [0.717, 1.165) is 0 Å². The van der Waals surface area contributed by atoms with E-state index >= 15 is 0 Å². The zero-order valence-corrected chi connectivity index (χ0v) is 9.64. The minimum atomic E-state index is -0.444. The summed E-state index contributed by atoms with van der Waals surface area (Å²) in [6.07, 6.45) is 0. The molecule has 3 nitrogen and oxygen atoms in total. The molecule has 2 aromatic rings. The molecule has 0 saturated carbocycles. The second-order valence-corrected chi connectivity index (χ2v) is 3.69. The topological polar surface area (TPSA) is 53.2 Å². The first kappa shape index (κ1) is 11.9. The van der Waals surface area contributed by atoms with Crippen molar-refractivity contribution in [2.75, 3.05) is 7.11 Å². The van der Waals surface area contributed by atoms with Gasteiger partial charge in [0, 0.05) is 0 Å². The fourth-order valence-corrected chi connectivity index (χ4v) is 1.64. The van der Waals surface area contributed by atoms with E-state index in [9.17, 15) is 9.50 Å². The van der Waals surface area contributed by atoms with Gasteiger partial charge in [-0.1, -0.05) is 12.1 Å². The van der Waals surface area contributed by atoms with Gasteiger partial charge in [0.2, 0.25) is 0 Å². The van der Waals surface area contributed by atoms with Gasteiger partial charge in [0.25, 0.3) is 0 Å². The first-order valence-electron chi connectivity index (χ1n) is 5.22. The largest absolute Gasteiger partial charge is 0.507 e. The highest BCUT2D eigenvalue weighted by molar-refractivity contribution is 5.68. The molecule has 0 amide bonds. The highest BCUT2D eigenvalue weighted by Gasteiger charge is 2.07. The van der Waals surface area contributed by atoms with Crippen LogP contribution in [0.2, 0.25) is 0 Å². The number of benzene rings is 2. The number of hydrogen-bond acceptors (Lipinski definition) is 3. The Labute approximate surface area is 104 Å². The molecule has 2 rings (SSSR count). The van der Waals surface area contributed by atoms with E-state index < -0.39 is 5.82 Å². The van der Waals surface area contributed by atoms with Crippen LogP contribution in [0, 0.1) is 17.1 Å². The maximum atomic E-state index is 13.3. The molecule has 0 saturated heterocycles. The van der Waals surface area contributed by atoms with Gasteiger partial charge in [-0.05, 0) is 35.4 Å². The van der Waals surface area contributed by atoms with Gasteiger partial charge in [-0.25, -0.2) is 4.39 Å². The quantitative estimate of drug-likeness (QED) is 0.881. The number of phenols is 1. The third-order valence-corrected chi connectivity index (χ3v) is 2.60. The van der Waals surface area contributed by atoms with Crippen molar-refractivity contribution in [1.29, 1.82) is 5.26 Å². The van der Waals surface area contributed by atoms with Crippen LogP contribution in [-0.4, -0.2) is 12.2 Å². The van der Waals surface area contributed by atoms with Crippen molar-refractivity contribution in [3.05, 3.63) is 47.8 Å². The summed E-state index contributed by atoms with van der Waals surface area (Å²) in [6.45, 7) is 0. The summed E-state index contributed by atoms with van der Waals surface area (Å²) in [5.41, 5.74) is 1.60. The third kappa shape index (κ3) is 2.11. The lowest BCUT2D eigenvalue weighted by Crippen LogP contribution is -1.89. The molecule has 0 radical (unpaired) electrons. The molecule has 0 bridgehead atoms. The van der Waals surface area contributed by atoms with Gasteiger partial charge < -0.3 is 9.84 Å². The van der Waals surface area contributed by atoms with E-state index in [2.05, 4.69) is 0 Å². The van der Waals surface area contributed by atoms with Crippen LogP contribution in [-0.2, 0) is 0 Å². The Hall–Kier alpha value is -2.54. The molecule has 18 heavy (non-hydrogen) atoms. The van der Waals surface area contributed by atoms with Gasteiger partial charge in [-0.3, -0.25) is 0 Å². The van der Waals surface area contributed by atoms with Crippen LogP contribution in [0.3, 0.4) is 0 Å². The molecule has 0 aromatic heterocycles. The van der Waals surface area contributed by atoms with Gasteiger partial charge in [-0.2, -0.15) is 5.26 Å². The minimum Gasteiger partial charge on any atom is -0.507 e. The zero-order chi connectivity index (χ0) is 13.1. The Morgan fingerprint density at radius 3 is 2.50 bits per heavy atom. The van der Waals surface area contributed by atoms with Gasteiger partial charge in [0.05, 0.1) is 12.7 Å². The zero-order valence-electron chi connectivity index (χ0n) is 9.64. The van der Waals surface area contributed by atoms with E-state index in [1.54, 1.807) is 24.3 Å². The molecule has 0 aliphatic carbocycles. The predicted molar refractivity (Wildman–Crippen MR) is 64.8 cm³/mol. The molecule has 0 aliphatic heterocycles. The van der Waals surface area contributed by atoms with E-state index in [1.807, 2.05) is 6.07 Å². The molecular weight excluding hydrogens is 233 g/mol. The highest BCUT2D eigenvalue weighted by Crippen LogP contribution is 2.29. The molecule has 2 aromatic carbocycles. The monoisotopic (exact) mass is 243 g/mol. The van der Waals surface area contributed by atoms with E-state index in [-0.39, 0.29) is 17.1 Å². The summed E-state index contributed by atoms with van der Waals surface area (Å²) in [4.78, 5) is 0. The number of nitrogens with zero attached hydrogens (tertiary/aromatic N) is 1. The number of nitriles is 1. The highest BCUT2D eigenvalue weighted by atomic mass is 19.1. The van der Waals surface area contributed by atoms with Gasteiger partial charge in [-0.15, -0.1) is 0 Å². The molecule has 1 N–H and O–H groups in total. The molecule has 0 fully saturated rings. The summed E-state index contributed by atoms with van der Waals surface area (Å²) >= 11 is 0. The first-order valence-corrected chi connectivity index (χ1v) is 5.22. The fraction of sp³-hybridized carbons (Fsp3) is 0.0714. The number of hydrogen-bond donors (Lipinski definition) is 1. The summed E-state index contributed by atoms with van der Waals surface area (Å²) in [5.74, 6) is -0.380. The first-order chi connectivity index (χ1) is 8.65. The number of rotatable bonds is 2. The van der Waals surface area contributed by atoms with E-state index in [1.165, 1.54) is 19.2 Å². The minimum absolute atomic E-state index is 0.0738. The Kier molecular flexibility index (Phi) is 3.16. The number of phenolic OH excluding ortho intramolecular Hbond substituents is 1. The van der Waals surface area contributed by atoms with Crippen LogP contribution in [0.5, 0.6) is 11.5 Å². The average molecular weight is 243 g/mol. The number of halogens is 1. The maximum Gasteiger partial charge on any atom is 0.165 e. The third-order valence-electron chi connectivity index (χ3n) is 2.60. The predicted octanol–water partition coefficient (Wildman–Crippen LogP) is 3.08. The van der Waals surface area contributed by atoms with Crippen molar-refractivity contribution >= 4 is 0 Å². The van der Waals surface area contributed by atoms with Gasteiger partial charge >= 0.3 is 0 Å². The average Bonchev–Trinajstić information content (AvgIpc) is 2.40. The summed E-state index contributed by atoms with van der Waals surface area (Å²) in [7, 11) is 1.39. The molecule has 0 aliphatic rings. The van der Waals surface area contributed by atoms with Crippen LogP contribution in [0.1, 0.15) is 5.56 Å². The number of methoxy groups -OCH3 is 1. The molecule has 0 heterocycles. The second-order valence-electron chi connectivity index (χ2n) is 3.69. The van der Waals surface area contributed by atoms with Crippen molar-refractivity contribution in [2.45, 2.75) is 0 Å². The van der Waals surface area contributed by atoms with E-state index in [4.69, 9.17) is 10.00 Å². The lowest BCUT2D eigenvalue weighted by atomic mass is 10.0. The smallest absolute Gasteiger partial charge is 0.165 e. The van der Waals surface area contributed by atoms with Crippen molar-refractivity contribution < 1.29 is 14.2 Å². The molecule has 0 atom stereocenters. The van der Waals surface area contributed by atoms with Crippen molar-refractivity contribution in [1.82, 2.24) is 0 Å². The van der Waals surface area contributed by atoms with Gasteiger partial charge in [0.15, 0.2) is 11.6 Å². The fourth-order valence-electron chi connectivity index (χ4n) is 1.64. The Morgan fingerprint density at radius 1 is 1.17 bits per heavy atom. The lowest BCUT2D eigenvalue weighted by molar-refractivity contribution is 0.387. The Balaban J connectivity index is 2.52. The standard InChI is InChI=1S/C14H10FNO2/c1-18-14-7-10(2-4-12(14)15)9-3-5-13(17)11(6-9)8-16/h2-7,17H,1H3. The SMILES string of the molecule is COc1cc(-c2ccc(O)c(C#N)c2)ccc1F. The van der Waals surface area contributed by atoms with Crippen LogP contribution in [0.25, 0.3) is 11.1 Å². The van der Waals surface area contributed by atoms with Crippen LogP contribution >= 0.6 is 0 Å². The molecule has 90 valence electrons. The van der Waals surface area contributed by atoms with Crippen molar-refractivity contribution in [3.8, 4) is 28.7 Å². The Bertz CT molecular complexity index is 632. The van der Waals surface area contributed by atoms with Crippen LogP contribution < -0.4 is 4.74 Å². The molecule has 0 unspecified atom stereocenters. The summed E-state index contributed by atoms with van der Waals surface area (Å²) in [5, 5.41) is 18.3. The second kappa shape index (κ2) is 4.76. The normalized spacial score (nSPS) is 9.83. The summed E-state index contributed by atoms with van der Waals surface area (Å²) in [6, 6.07) is 11.0. The van der Waals surface area contributed by atoms with Crippen molar-refractivity contribution in [2.24, 2.45) is 0 Å². The van der Waals surface area contributed by atoms with Crippen molar-refractivity contribution in [3.63, 3.8) is 0 Å². The summed E-state index contributed by atoms with van der Waals surface area (Å²) < 4.78 is 18.2. The van der Waals surface area contributed by atoms with Crippen LogP contribution in [0.4, 0.5) is 4.39 Å². The number of aromatic hydroxyl groups is 1. The lowest BCUT2D eigenvalue weighted by Gasteiger charge is -2.07. The van der Waals surface area contributed by atoms with E-state index in [0.29, 0.717) is 11.1 Å². The molecular formula is C14H10FNO2.